The smallest absolute Gasteiger partial charge is 0.252 e. The molecular weight excluding hydrogens is 420 g/mol. The Morgan fingerprint density at radius 3 is 2.69 bits per heavy atom. The lowest BCUT2D eigenvalue weighted by molar-refractivity contribution is -0.111. The van der Waals surface area contributed by atoms with Crippen molar-refractivity contribution in [2.24, 2.45) is 0 Å². The fourth-order valence-electron chi connectivity index (χ4n) is 2.10. The van der Waals surface area contributed by atoms with Crippen molar-refractivity contribution in [3.63, 3.8) is 0 Å². The Morgan fingerprint density at radius 2 is 2.00 bits per heavy atom. The molecule has 0 radical (unpaired) electrons. The van der Waals surface area contributed by atoms with Crippen molar-refractivity contribution in [2.45, 2.75) is 0 Å². The minimum Gasteiger partial charge on any atom is -0.383 e. The molecule has 0 aliphatic rings. The van der Waals surface area contributed by atoms with Gasteiger partial charge in [-0.3, -0.25) is 9.59 Å². The first-order valence-electron chi connectivity index (χ1n) is 7.81. The van der Waals surface area contributed by atoms with Crippen molar-refractivity contribution in [2.75, 3.05) is 25.6 Å². The summed E-state index contributed by atoms with van der Waals surface area (Å²) in [5.41, 5.74) is 1.73. The highest BCUT2D eigenvalue weighted by Crippen LogP contribution is 2.21. The molecule has 0 fully saturated rings. The summed E-state index contributed by atoms with van der Waals surface area (Å²) < 4.78 is 5.78. The van der Waals surface area contributed by atoms with Gasteiger partial charge in [0.15, 0.2) is 0 Å². The molecule has 0 aliphatic carbocycles. The Kier molecular flexibility index (Phi) is 7.84. The van der Waals surface area contributed by atoms with Gasteiger partial charge in [0.2, 0.25) is 5.91 Å². The molecule has 0 saturated heterocycles. The van der Waals surface area contributed by atoms with Crippen molar-refractivity contribution in [3.05, 3.63) is 69.2 Å². The maximum atomic E-state index is 12.1. The van der Waals surface area contributed by atoms with E-state index in [-0.39, 0.29) is 16.8 Å². The molecule has 2 amide bonds. The predicted octanol–water partition coefficient (Wildman–Crippen LogP) is 4.13. The molecule has 7 heteroatoms. The molecule has 26 heavy (non-hydrogen) atoms. The number of amides is 2. The molecule has 5 nitrogen and oxygen atoms in total. The Labute approximate surface area is 165 Å². The monoisotopic (exact) mass is 436 g/mol. The van der Waals surface area contributed by atoms with E-state index in [9.17, 15) is 9.59 Å². The average molecular weight is 438 g/mol. The Balaban J connectivity index is 1.99. The summed E-state index contributed by atoms with van der Waals surface area (Å²) >= 11 is 9.57. The van der Waals surface area contributed by atoms with Crippen LogP contribution >= 0.6 is 27.5 Å². The van der Waals surface area contributed by atoms with E-state index >= 15 is 0 Å². The summed E-state index contributed by atoms with van der Waals surface area (Å²) in [5.74, 6) is -0.590. The lowest BCUT2D eigenvalue weighted by Gasteiger charge is -2.08. The Bertz CT molecular complexity index is 824. The van der Waals surface area contributed by atoms with Gasteiger partial charge in [0.1, 0.15) is 0 Å². The van der Waals surface area contributed by atoms with Crippen LogP contribution in [0, 0.1) is 0 Å². The zero-order valence-electron chi connectivity index (χ0n) is 14.1. The molecule has 0 bridgehead atoms. The molecule has 2 aromatic carbocycles. The summed E-state index contributed by atoms with van der Waals surface area (Å²) in [4.78, 5) is 24.1. The van der Waals surface area contributed by atoms with Gasteiger partial charge >= 0.3 is 0 Å². The van der Waals surface area contributed by atoms with Gasteiger partial charge in [0.25, 0.3) is 5.91 Å². The van der Waals surface area contributed by atoms with Gasteiger partial charge in [0, 0.05) is 29.9 Å². The van der Waals surface area contributed by atoms with E-state index in [1.165, 1.54) is 12.1 Å². The van der Waals surface area contributed by atoms with Gasteiger partial charge in [-0.25, -0.2) is 0 Å². The number of hydrogen-bond acceptors (Lipinski definition) is 3. The second-order valence-corrected chi connectivity index (χ2v) is 6.55. The van der Waals surface area contributed by atoms with Gasteiger partial charge in [-0.05, 0) is 35.9 Å². The number of methoxy groups -OCH3 is 1. The van der Waals surface area contributed by atoms with Crippen molar-refractivity contribution in [3.8, 4) is 0 Å². The first kappa shape index (κ1) is 20.2. The SMILES string of the molecule is COCCNC(=O)c1ccc(NC(=O)C=Cc2ccccc2Br)cc1Cl. The standard InChI is InChI=1S/C19H18BrClN2O3/c1-26-11-10-22-19(25)15-8-7-14(12-17(15)21)23-18(24)9-6-13-4-2-3-5-16(13)20/h2-9,12H,10-11H2,1H3,(H,22,25)(H,23,24). The molecule has 2 rings (SSSR count). The average Bonchev–Trinajstić information content (AvgIpc) is 2.61. The van der Waals surface area contributed by atoms with Gasteiger partial charge in [-0.15, -0.1) is 0 Å². The molecule has 0 spiro atoms. The van der Waals surface area contributed by atoms with Crippen LogP contribution in [0.4, 0.5) is 5.69 Å². The number of anilines is 1. The van der Waals surface area contributed by atoms with Crippen molar-refractivity contribution >= 4 is 51.1 Å². The summed E-state index contributed by atoms with van der Waals surface area (Å²) in [6.07, 6.45) is 3.14. The zero-order chi connectivity index (χ0) is 18.9. The van der Waals surface area contributed by atoms with Crippen molar-refractivity contribution < 1.29 is 14.3 Å². The third kappa shape index (κ3) is 5.98. The molecule has 0 aliphatic heterocycles. The van der Waals surface area contributed by atoms with Gasteiger partial charge in [-0.2, -0.15) is 0 Å². The number of carbonyl (C=O) groups is 2. The van der Waals surface area contributed by atoms with Gasteiger partial charge in [-0.1, -0.05) is 45.7 Å². The van der Waals surface area contributed by atoms with Crippen molar-refractivity contribution in [1.29, 1.82) is 0 Å². The molecular formula is C19H18BrClN2O3. The lowest BCUT2D eigenvalue weighted by Crippen LogP contribution is -2.27. The van der Waals surface area contributed by atoms with E-state index in [1.807, 2.05) is 24.3 Å². The summed E-state index contributed by atoms with van der Waals surface area (Å²) in [5, 5.41) is 5.66. The maximum Gasteiger partial charge on any atom is 0.252 e. The molecule has 2 aromatic rings. The number of benzene rings is 2. The second kappa shape index (κ2) is 10.1. The highest BCUT2D eigenvalue weighted by atomic mass is 79.9. The number of hydrogen-bond donors (Lipinski definition) is 2. The normalized spacial score (nSPS) is 10.7. The largest absolute Gasteiger partial charge is 0.383 e. The van der Waals surface area contributed by atoms with Crippen LogP contribution in [0.25, 0.3) is 6.08 Å². The molecule has 0 atom stereocenters. The number of rotatable bonds is 7. The zero-order valence-corrected chi connectivity index (χ0v) is 16.4. The molecule has 0 saturated carbocycles. The minimum atomic E-state index is -0.297. The van der Waals surface area contributed by atoms with E-state index in [0.29, 0.717) is 24.4 Å². The number of carbonyl (C=O) groups excluding carboxylic acids is 2. The van der Waals surface area contributed by atoms with E-state index in [0.717, 1.165) is 10.0 Å². The number of nitrogens with one attached hydrogen (secondary N) is 2. The van der Waals surface area contributed by atoms with Crippen LogP contribution in [0.5, 0.6) is 0 Å². The third-order valence-electron chi connectivity index (χ3n) is 3.39. The van der Waals surface area contributed by atoms with Crippen LogP contribution < -0.4 is 10.6 Å². The highest BCUT2D eigenvalue weighted by molar-refractivity contribution is 9.10. The molecule has 136 valence electrons. The van der Waals surface area contributed by atoms with E-state index in [2.05, 4.69) is 26.6 Å². The summed E-state index contributed by atoms with van der Waals surface area (Å²) in [6.45, 7) is 0.811. The number of ether oxygens (including phenoxy) is 1. The summed E-state index contributed by atoms with van der Waals surface area (Å²) in [6, 6.07) is 12.3. The van der Waals surface area contributed by atoms with Gasteiger partial charge < -0.3 is 15.4 Å². The van der Waals surface area contributed by atoms with Crippen LogP contribution in [0.1, 0.15) is 15.9 Å². The van der Waals surface area contributed by atoms with Crippen LogP contribution in [0.15, 0.2) is 53.0 Å². The maximum absolute atomic E-state index is 12.1. The van der Waals surface area contributed by atoms with Crippen LogP contribution in [0.2, 0.25) is 5.02 Å². The lowest BCUT2D eigenvalue weighted by atomic mass is 10.2. The first-order valence-corrected chi connectivity index (χ1v) is 8.98. The third-order valence-corrected chi connectivity index (χ3v) is 4.43. The fraction of sp³-hybridized carbons (Fsp3) is 0.158. The number of halogens is 2. The Hall–Kier alpha value is -2.15. The molecule has 0 aromatic heterocycles. The fourth-order valence-corrected chi connectivity index (χ4v) is 2.78. The van der Waals surface area contributed by atoms with Crippen LogP contribution in [-0.2, 0) is 9.53 Å². The Morgan fingerprint density at radius 1 is 1.23 bits per heavy atom. The predicted molar refractivity (Wildman–Crippen MR) is 107 cm³/mol. The molecule has 0 heterocycles. The van der Waals surface area contributed by atoms with Gasteiger partial charge in [0.05, 0.1) is 17.2 Å². The van der Waals surface area contributed by atoms with Crippen molar-refractivity contribution in [1.82, 2.24) is 5.32 Å². The summed E-state index contributed by atoms with van der Waals surface area (Å²) in [7, 11) is 1.56. The highest BCUT2D eigenvalue weighted by Gasteiger charge is 2.11. The first-order chi connectivity index (χ1) is 12.5. The van der Waals surface area contributed by atoms with E-state index in [1.54, 1.807) is 25.3 Å². The quantitative estimate of drug-likeness (QED) is 0.505. The minimum absolute atomic E-state index is 0.257. The topological polar surface area (TPSA) is 67.4 Å². The van der Waals surface area contributed by atoms with E-state index < -0.39 is 0 Å². The van der Waals surface area contributed by atoms with Crippen LogP contribution in [0.3, 0.4) is 0 Å². The van der Waals surface area contributed by atoms with Crippen LogP contribution in [-0.4, -0.2) is 32.1 Å². The van der Waals surface area contributed by atoms with E-state index in [4.69, 9.17) is 16.3 Å². The molecule has 2 N–H and O–H groups in total. The molecule has 0 unspecified atom stereocenters. The second-order valence-electron chi connectivity index (χ2n) is 5.29.